The van der Waals surface area contributed by atoms with Gasteiger partial charge in [-0.15, -0.1) is 6.61 Å². The maximum atomic E-state index is 11.3. The van der Waals surface area contributed by atoms with Crippen molar-refractivity contribution in [3.05, 3.63) is 37.9 Å². The molecule has 1 aliphatic rings. The van der Waals surface area contributed by atoms with E-state index in [9.17, 15) is 4.79 Å². The molecule has 5 nitrogen and oxygen atoms in total. The molecule has 1 aliphatic heterocycles. The van der Waals surface area contributed by atoms with Crippen LogP contribution in [0.2, 0.25) is 0 Å². The summed E-state index contributed by atoms with van der Waals surface area (Å²) in [7, 11) is 0. The van der Waals surface area contributed by atoms with Gasteiger partial charge >= 0.3 is 6.09 Å². The van der Waals surface area contributed by atoms with Crippen molar-refractivity contribution in [1.82, 2.24) is 5.16 Å². The fourth-order valence-corrected chi connectivity index (χ4v) is 1.75. The Morgan fingerprint density at radius 1 is 1.42 bits per heavy atom. The van der Waals surface area contributed by atoms with E-state index in [4.69, 9.17) is 9.26 Å². The van der Waals surface area contributed by atoms with Gasteiger partial charge in [0.1, 0.15) is 0 Å². The second kappa shape index (κ2) is 7.51. The summed E-state index contributed by atoms with van der Waals surface area (Å²) < 4.78 is 9.90. The van der Waals surface area contributed by atoms with Crippen LogP contribution in [0.25, 0.3) is 11.0 Å². The third-order valence-electron chi connectivity index (χ3n) is 2.61. The van der Waals surface area contributed by atoms with Gasteiger partial charge in [-0.25, -0.2) is 4.79 Å². The minimum atomic E-state index is -0.365. The van der Waals surface area contributed by atoms with Crippen LogP contribution in [-0.2, 0) is 58.5 Å². The molecule has 2 aromatic rings. The number of ether oxygens (including phenoxy) is 1. The van der Waals surface area contributed by atoms with Crippen molar-refractivity contribution in [2.75, 3.05) is 11.4 Å². The van der Waals surface area contributed by atoms with E-state index in [0.717, 1.165) is 16.8 Å². The Hall–Kier alpha value is -0.248. The van der Waals surface area contributed by atoms with Crippen LogP contribution < -0.4 is 4.90 Å². The van der Waals surface area contributed by atoms with E-state index in [1.54, 1.807) is 6.07 Å². The summed E-state index contributed by atoms with van der Waals surface area (Å²) >= 11 is 0. The summed E-state index contributed by atoms with van der Waals surface area (Å²) in [6, 6.07) is 5.53. The molecule has 1 saturated heterocycles. The SMILES string of the molecule is Cc1noc2cc(N3C[CH-]OC3=O)ccc12.[CH3-].[W].[Y]. The molecular weight excluding hydrogens is 493 g/mol. The zero-order valence-electron chi connectivity index (χ0n) is 10.6. The molecule has 0 spiro atoms. The smallest absolute Gasteiger partial charge is 0.380 e. The van der Waals surface area contributed by atoms with E-state index in [1.807, 2.05) is 19.1 Å². The van der Waals surface area contributed by atoms with Crippen molar-refractivity contribution in [1.29, 1.82) is 0 Å². The van der Waals surface area contributed by atoms with Crippen LogP contribution in [0, 0.1) is 21.0 Å². The maximum absolute atomic E-state index is 11.3. The molecule has 1 radical (unpaired) electrons. The molecule has 0 atom stereocenters. The van der Waals surface area contributed by atoms with E-state index in [-0.39, 0.29) is 67.3 Å². The summed E-state index contributed by atoms with van der Waals surface area (Å²) in [5, 5.41) is 4.82. The number of carbonyl (C=O) groups excluding carboxylic acids is 1. The van der Waals surface area contributed by atoms with Crippen LogP contribution >= 0.6 is 0 Å². The Morgan fingerprint density at radius 3 is 2.79 bits per heavy atom. The molecule has 0 aliphatic carbocycles. The molecule has 1 fully saturated rings. The van der Waals surface area contributed by atoms with Gasteiger partial charge in [0.05, 0.1) is 5.69 Å². The standard InChI is InChI=1S/C11H9N2O3.CH3.W.Y/c1-7-9-3-2-8(6-10(9)16-12-7)13-4-5-15-11(13)14;;;/h2-3,5-6H,4H2,1H3;1H3;;/q2*-1;;. The summed E-state index contributed by atoms with van der Waals surface area (Å²) in [4.78, 5) is 12.9. The van der Waals surface area contributed by atoms with Crippen LogP contribution in [0.5, 0.6) is 0 Å². The summed E-state index contributed by atoms with van der Waals surface area (Å²) in [6.45, 7) is 3.80. The van der Waals surface area contributed by atoms with Crippen molar-refractivity contribution < 1.29 is 67.8 Å². The number of hydrogen-bond acceptors (Lipinski definition) is 4. The van der Waals surface area contributed by atoms with E-state index in [1.165, 1.54) is 11.5 Å². The minimum absolute atomic E-state index is 0. The first-order chi connectivity index (χ1) is 7.75. The molecule has 3 rings (SSSR count). The van der Waals surface area contributed by atoms with Gasteiger partial charge in [-0.2, -0.15) is 0 Å². The molecule has 1 aromatic carbocycles. The molecular formula is C12H12N2O3WY-2. The van der Waals surface area contributed by atoms with Crippen LogP contribution in [0.15, 0.2) is 22.7 Å². The quantitative estimate of drug-likeness (QED) is 0.560. The fourth-order valence-electron chi connectivity index (χ4n) is 1.75. The zero-order chi connectivity index (χ0) is 11.1. The first-order valence-electron chi connectivity index (χ1n) is 4.91. The summed E-state index contributed by atoms with van der Waals surface area (Å²) in [5.41, 5.74) is 2.27. The molecule has 0 unspecified atom stereocenters. The molecule has 0 N–H and O–H groups in total. The number of carbonyl (C=O) groups is 1. The normalized spacial score (nSPS) is 13.3. The van der Waals surface area contributed by atoms with Crippen molar-refractivity contribution in [2.24, 2.45) is 0 Å². The number of nitrogens with zero attached hydrogens (tertiary/aromatic N) is 2. The largest absolute Gasteiger partial charge is 0.619 e. The molecule has 1 aromatic heterocycles. The number of rotatable bonds is 1. The number of anilines is 1. The van der Waals surface area contributed by atoms with Gasteiger partial charge < -0.3 is 21.6 Å². The number of amides is 1. The predicted molar refractivity (Wildman–Crippen MR) is 63.3 cm³/mol. The van der Waals surface area contributed by atoms with Crippen molar-refractivity contribution >= 4 is 22.7 Å². The molecule has 2 heterocycles. The van der Waals surface area contributed by atoms with Gasteiger partial charge in [-0.1, -0.05) is 11.7 Å². The van der Waals surface area contributed by atoms with Gasteiger partial charge in [0.15, 0.2) is 5.58 Å². The van der Waals surface area contributed by atoms with Crippen molar-refractivity contribution in [3.8, 4) is 0 Å². The Bertz CT molecular complexity index is 573. The molecule has 1 amide bonds. The predicted octanol–water partition coefficient (Wildman–Crippen LogP) is 2.70. The molecule has 99 valence electrons. The van der Waals surface area contributed by atoms with E-state index in [2.05, 4.69) is 5.16 Å². The van der Waals surface area contributed by atoms with Crippen LogP contribution in [0.4, 0.5) is 10.5 Å². The maximum Gasteiger partial charge on any atom is 0.380 e. The Balaban J connectivity index is 0.00000108. The Morgan fingerprint density at radius 2 is 2.16 bits per heavy atom. The number of aryl methyl sites for hydroxylation is 1. The number of hydrogen-bond donors (Lipinski definition) is 0. The van der Waals surface area contributed by atoms with Crippen LogP contribution in [0.3, 0.4) is 0 Å². The number of cyclic esters (lactones) is 1. The van der Waals surface area contributed by atoms with Gasteiger partial charge in [0, 0.05) is 70.9 Å². The van der Waals surface area contributed by atoms with E-state index in [0.29, 0.717) is 12.1 Å². The monoisotopic (exact) mass is 505 g/mol. The fraction of sp³-hybridized carbons (Fsp3) is 0.167. The second-order valence-corrected chi connectivity index (χ2v) is 3.61. The number of aromatic nitrogens is 1. The molecule has 0 saturated carbocycles. The molecule has 19 heavy (non-hydrogen) atoms. The van der Waals surface area contributed by atoms with E-state index >= 15 is 0 Å². The Kier molecular flexibility index (Phi) is 7.41. The first-order valence-corrected chi connectivity index (χ1v) is 4.91. The van der Waals surface area contributed by atoms with Crippen molar-refractivity contribution in [2.45, 2.75) is 6.92 Å². The van der Waals surface area contributed by atoms with Gasteiger partial charge in [0.2, 0.25) is 0 Å². The average molecular weight is 505 g/mol. The van der Waals surface area contributed by atoms with Gasteiger partial charge in [-0.3, -0.25) is 0 Å². The minimum Gasteiger partial charge on any atom is -0.619 e. The first kappa shape index (κ1) is 18.8. The van der Waals surface area contributed by atoms with Gasteiger partial charge in [-0.05, 0) is 19.1 Å². The van der Waals surface area contributed by atoms with Gasteiger partial charge in [0.25, 0.3) is 0 Å². The molecule has 0 bridgehead atoms. The Labute approximate surface area is 151 Å². The zero-order valence-corrected chi connectivity index (χ0v) is 16.4. The summed E-state index contributed by atoms with van der Waals surface area (Å²) in [5.74, 6) is 0. The molecule has 7 heteroatoms. The van der Waals surface area contributed by atoms with E-state index < -0.39 is 0 Å². The van der Waals surface area contributed by atoms with Crippen LogP contribution in [0.1, 0.15) is 5.69 Å². The average Bonchev–Trinajstić information content (AvgIpc) is 2.86. The summed E-state index contributed by atoms with van der Waals surface area (Å²) in [6.07, 6.45) is -0.365. The number of benzene rings is 1. The third kappa shape index (κ3) is 3.45. The third-order valence-corrected chi connectivity index (χ3v) is 2.61. The van der Waals surface area contributed by atoms with Crippen molar-refractivity contribution in [3.63, 3.8) is 0 Å². The van der Waals surface area contributed by atoms with Crippen LogP contribution in [-0.4, -0.2) is 17.8 Å². The second-order valence-electron chi connectivity index (χ2n) is 3.61. The number of fused-ring (bicyclic) bond motifs is 1. The topological polar surface area (TPSA) is 55.6 Å².